The Hall–Kier alpha value is -8.50. The molecule has 1 unspecified atom stereocenters. The number of phenolic OH excluding ortho intramolecular Hbond substituents is 6. The Morgan fingerprint density at radius 2 is 1.09 bits per heavy atom. The maximum atomic E-state index is 13.0. The molecule has 0 saturated carbocycles. The molecule has 0 radical (unpaired) electrons. The number of hydrogen-bond acceptors (Lipinski definition) is 28. The standard InChI is InChI=1S/C55H58O30/c1-75-33-12-23(4-9-28(33)58)6-11-40(64)76-19-35-43(67)47(71)50(74)54(83-35)85-52-48(72)45(69)37(20-77-39(63)10-5-22-2-7-25(56)8-3-22)84-55(52)81-34-17-27-31(79-51(34)24-13-29(59)42(66)30(60)14-24)15-26(57)16-32(27)80-53-49(73)46(70)44(68)36(82-53)21-78-41(65)18-38(61)62/h2-17,35-37,43-60,66-74H,18-21H2,1H3,(H,61,62)/p+1/b10-5+,11-6+/t35-,36-,37-,43+,44+,45+,46+,47+,48+,49-,50-,51?,52-,53-,54+,55-/m1/s1. The van der Waals surface area contributed by atoms with Crippen LogP contribution in [0.2, 0.25) is 0 Å². The first-order valence-corrected chi connectivity index (χ1v) is 25.6. The number of aliphatic hydroxyl groups is 9. The summed E-state index contributed by atoms with van der Waals surface area (Å²) in [4.78, 5) is 48.9. The molecule has 4 aromatic carbocycles. The number of phenols is 6. The van der Waals surface area contributed by atoms with Gasteiger partial charge in [-0.2, -0.15) is 0 Å². The Morgan fingerprint density at radius 1 is 0.553 bits per heavy atom. The third-order valence-corrected chi connectivity index (χ3v) is 13.5. The average molecular weight is 1200 g/mol. The summed E-state index contributed by atoms with van der Waals surface area (Å²) < 4.78 is 61.2. The number of carbonyl (C=O) groups is 4. The molecule has 0 aliphatic carbocycles. The van der Waals surface area contributed by atoms with Gasteiger partial charge in [0.05, 0.1) is 18.7 Å². The van der Waals surface area contributed by atoms with E-state index in [-0.39, 0.29) is 34.1 Å². The summed E-state index contributed by atoms with van der Waals surface area (Å²) >= 11 is 0. The Balaban J connectivity index is 1.12. The van der Waals surface area contributed by atoms with Gasteiger partial charge in [0.1, 0.15) is 116 Å². The van der Waals surface area contributed by atoms with Crippen molar-refractivity contribution in [3.8, 4) is 51.7 Å². The zero-order chi connectivity index (χ0) is 61.6. The molecular formula is C55H59O30+. The number of carbonyl (C=O) groups excluding carboxylic acids is 3. The van der Waals surface area contributed by atoms with Crippen molar-refractivity contribution in [3.63, 3.8) is 0 Å². The summed E-state index contributed by atoms with van der Waals surface area (Å²) in [6, 6.07) is 13.7. The number of aliphatic carboxylic acids is 1. The number of carboxylic acid groups (broad SMARTS) is 1. The van der Waals surface area contributed by atoms with E-state index in [0.29, 0.717) is 11.1 Å². The molecule has 85 heavy (non-hydrogen) atoms. The highest BCUT2D eigenvalue weighted by Crippen LogP contribution is 2.49. The van der Waals surface area contributed by atoms with E-state index in [2.05, 4.69) is 4.74 Å². The van der Waals surface area contributed by atoms with Crippen LogP contribution < -0.4 is 9.47 Å². The summed E-state index contributed by atoms with van der Waals surface area (Å²) in [5.41, 5.74) is 0.489. The normalized spacial score (nSPS) is 29.2. The Labute approximate surface area is 479 Å². The lowest BCUT2D eigenvalue weighted by atomic mass is 9.97. The molecule has 8 rings (SSSR count). The summed E-state index contributed by atoms with van der Waals surface area (Å²) in [5, 5.41) is 161. The number of aliphatic hydroxyl groups excluding tert-OH is 8. The van der Waals surface area contributed by atoms with Crippen LogP contribution >= 0.6 is 0 Å². The predicted octanol–water partition coefficient (Wildman–Crippen LogP) is -1.36. The van der Waals surface area contributed by atoms with E-state index < -0.39 is 183 Å². The van der Waals surface area contributed by atoms with Crippen molar-refractivity contribution < 1.29 is 148 Å². The maximum Gasteiger partial charge on any atom is 0.330 e. The molecule has 30 heteroatoms. The van der Waals surface area contributed by atoms with Crippen LogP contribution in [0.3, 0.4) is 0 Å². The fourth-order valence-corrected chi connectivity index (χ4v) is 8.99. The van der Waals surface area contributed by atoms with Crippen LogP contribution in [-0.4, -0.2) is 224 Å². The Morgan fingerprint density at radius 3 is 1.69 bits per heavy atom. The van der Waals surface area contributed by atoms with Gasteiger partial charge in [-0.1, -0.05) is 18.2 Å². The number of ether oxygens (including phenoxy) is 11. The van der Waals surface area contributed by atoms with Crippen molar-refractivity contribution in [3.05, 3.63) is 107 Å². The quantitative estimate of drug-likeness (QED) is 0.0121. The molecule has 4 aliphatic heterocycles. The third kappa shape index (κ3) is 14.9. The lowest BCUT2D eigenvalue weighted by Gasteiger charge is -2.46. The van der Waals surface area contributed by atoms with Crippen LogP contribution in [-0.2, 0) is 57.1 Å². The SMILES string of the molecule is COc1cc(/C=C/C(=O)OC[C@H]2O[C@@H](O[C@H]3[C@H](OC4=Cc5c(O[C@@H]6O[C@H](COC(=O)CC(=O)O)[C@H](O)[C@H](O)[C@H]6O)cc(O)cc5[OH+]C4c4cc(O)c(O)c(O)c4)O[C@H](COC(=O)/C=C/c4ccc(O)cc4)[C@H](O)[C@@H]3O)[C@H](O)[C@@H](O)[C@H]2O)ccc1O. The summed E-state index contributed by atoms with van der Waals surface area (Å²) in [6.07, 6.45) is -27.1. The molecule has 30 nitrogen and oxygen atoms in total. The van der Waals surface area contributed by atoms with Gasteiger partial charge in [0.15, 0.2) is 46.9 Å². The molecular weight excluding hydrogens is 1140 g/mol. The van der Waals surface area contributed by atoms with Crippen LogP contribution in [0.15, 0.2) is 84.6 Å². The van der Waals surface area contributed by atoms with Crippen molar-refractivity contribution in [2.24, 2.45) is 0 Å². The van der Waals surface area contributed by atoms with Crippen LogP contribution in [0, 0.1) is 0 Å². The first-order valence-electron chi connectivity index (χ1n) is 25.6. The molecule has 458 valence electrons. The lowest BCUT2D eigenvalue weighted by Crippen LogP contribution is -2.64. The molecule has 0 spiro atoms. The fraction of sp³-hybridized carbons (Fsp3) is 0.382. The van der Waals surface area contributed by atoms with E-state index in [1.807, 2.05) is 0 Å². The highest BCUT2D eigenvalue weighted by Gasteiger charge is 2.53. The van der Waals surface area contributed by atoms with Gasteiger partial charge in [-0.3, -0.25) is 9.59 Å². The zero-order valence-electron chi connectivity index (χ0n) is 44.2. The molecule has 16 atom stereocenters. The van der Waals surface area contributed by atoms with Crippen LogP contribution in [0.4, 0.5) is 0 Å². The number of fused-ring (bicyclic) bond motifs is 1. The minimum Gasteiger partial charge on any atom is -0.571 e. The van der Waals surface area contributed by atoms with Crippen molar-refractivity contribution in [2.45, 2.75) is 105 Å². The van der Waals surface area contributed by atoms with Gasteiger partial charge < -0.3 is 129 Å². The Kier molecular flexibility index (Phi) is 19.9. The van der Waals surface area contributed by atoms with Gasteiger partial charge in [-0.15, -0.1) is 0 Å². The van der Waals surface area contributed by atoms with Gasteiger partial charge in [0, 0.05) is 24.3 Å². The molecule has 0 aromatic heterocycles. The summed E-state index contributed by atoms with van der Waals surface area (Å²) in [7, 11) is 1.31. The predicted molar refractivity (Wildman–Crippen MR) is 279 cm³/mol. The van der Waals surface area contributed by atoms with Crippen molar-refractivity contribution >= 4 is 42.1 Å². The number of hydrogen-bond donors (Lipinski definition) is 15. The zero-order valence-corrected chi connectivity index (χ0v) is 44.2. The minimum absolute atomic E-state index is 0.0518. The van der Waals surface area contributed by atoms with Crippen molar-refractivity contribution in [1.29, 1.82) is 0 Å². The maximum absolute atomic E-state index is 13.0. The molecule has 0 bridgehead atoms. The van der Waals surface area contributed by atoms with E-state index in [9.17, 15) is 90.7 Å². The summed E-state index contributed by atoms with van der Waals surface area (Å²) in [5.74, 6) is -9.38. The van der Waals surface area contributed by atoms with E-state index in [4.69, 9.17) is 52.5 Å². The van der Waals surface area contributed by atoms with E-state index in [0.717, 1.165) is 42.5 Å². The third-order valence-electron chi connectivity index (χ3n) is 13.5. The number of carboxylic acids is 1. The lowest BCUT2D eigenvalue weighted by molar-refractivity contribution is -0.364. The molecule has 3 saturated heterocycles. The summed E-state index contributed by atoms with van der Waals surface area (Å²) in [6.45, 7) is -2.50. The van der Waals surface area contributed by atoms with E-state index in [1.165, 1.54) is 61.7 Å². The number of esters is 3. The molecule has 4 aromatic rings. The molecule has 4 heterocycles. The minimum atomic E-state index is -2.22. The number of methoxy groups -OCH3 is 1. The van der Waals surface area contributed by atoms with Crippen LogP contribution in [0.5, 0.6) is 51.7 Å². The largest absolute Gasteiger partial charge is 0.571 e. The van der Waals surface area contributed by atoms with Gasteiger partial charge >= 0.3 is 23.9 Å². The van der Waals surface area contributed by atoms with E-state index in [1.54, 1.807) is 0 Å². The second-order valence-electron chi connectivity index (χ2n) is 19.5. The molecule has 4 aliphatic rings. The van der Waals surface area contributed by atoms with Gasteiger partial charge in [-0.25, -0.2) is 9.59 Å². The smallest absolute Gasteiger partial charge is 0.330 e. The molecule has 3 fully saturated rings. The molecule has 0 amide bonds. The Bertz CT molecular complexity index is 3120. The van der Waals surface area contributed by atoms with Crippen LogP contribution in [0.25, 0.3) is 18.2 Å². The van der Waals surface area contributed by atoms with Gasteiger partial charge in [0.2, 0.25) is 12.6 Å². The second kappa shape index (κ2) is 27.0. The first-order chi connectivity index (χ1) is 40.4. The number of aromatic hydroxyl groups is 7. The van der Waals surface area contributed by atoms with Gasteiger partial charge in [0.25, 0.3) is 11.9 Å². The highest BCUT2D eigenvalue weighted by molar-refractivity contribution is 5.90. The topological polar surface area (TPSA) is 477 Å². The molecule has 16 N–H and O–H groups in total. The van der Waals surface area contributed by atoms with Gasteiger partial charge in [-0.05, 0) is 59.7 Å². The second-order valence-corrected chi connectivity index (χ2v) is 19.5. The number of benzene rings is 4. The van der Waals surface area contributed by atoms with Crippen molar-refractivity contribution in [2.75, 3.05) is 26.9 Å². The fourth-order valence-electron chi connectivity index (χ4n) is 8.99. The average Bonchev–Trinajstić information content (AvgIpc) is 1.95. The highest BCUT2D eigenvalue weighted by atomic mass is 16.8. The van der Waals surface area contributed by atoms with Crippen molar-refractivity contribution in [1.82, 2.24) is 0 Å². The first kappa shape index (κ1) is 62.5. The van der Waals surface area contributed by atoms with Crippen LogP contribution in [0.1, 0.15) is 34.8 Å². The number of rotatable bonds is 20. The van der Waals surface area contributed by atoms with E-state index >= 15 is 0 Å². The monoisotopic (exact) mass is 1200 g/mol.